The highest BCUT2D eigenvalue weighted by molar-refractivity contribution is 7.18. The molecule has 0 radical (unpaired) electrons. The molecule has 2 aromatic heterocycles. The van der Waals surface area contributed by atoms with Crippen molar-refractivity contribution in [1.29, 1.82) is 0 Å². The third kappa shape index (κ3) is 4.69. The fraction of sp³-hybridized carbons (Fsp3) is 0.320. The van der Waals surface area contributed by atoms with Crippen LogP contribution >= 0.6 is 11.3 Å². The molecule has 2 heterocycles. The van der Waals surface area contributed by atoms with Crippen molar-refractivity contribution in [2.75, 3.05) is 0 Å². The number of hydrogen-bond donors (Lipinski definition) is 1. The number of fused-ring (bicyclic) bond motifs is 1. The van der Waals surface area contributed by atoms with E-state index in [1.807, 2.05) is 44.2 Å². The maximum atomic E-state index is 13.0. The summed E-state index contributed by atoms with van der Waals surface area (Å²) in [6.07, 6.45) is 0.861. The summed E-state index contributed by atoms with van der Waals surface area (Å²) in [5, 5.41) is 7.85. The number of nitrogens with zero attached hydrogens (tertiary/aromatic N) is 2. The van der Waals surface area contributed by atoms with Crippen LogP contribution in [0.25, 0.3) is 21.3 Å². The number of rotatable bonds is 7. The monoisotopic (exact) mass is 433 g/mol. The van der Waals surface area contributed by atoms with E-state index >= 15 is 0 Å². The molecule has 0 fully saturated rings. The van der Waals surface area contributed by atoms with Crippen LogP contribution in [-0.2, 0) is 23.2 Å². The average molecular weight is 434 g/mol. The fourth-order valence-electron chi connectivity index (χ4n) is 3.44. The van der Waals surface area contributed by atoms with Crippen LogP contribution in [0.4, 0.5) is 0 Å². The van der Waals surface area contributed by atoms with E-state index in [4.69, 9.17) is 9.51 Å². The molecule has 4 rings (SSSR count). The fourth-order valence-corrected chi connectivity index (χ4v) is 4.55. The SMILES string of the molecule is CC(C)Cc1cc(CNC(=O)C(C)(C)c2nc3ccc(-c4ccccc4)cc3s2)on1. The molecule has 0 atom stereocenters. The van der Waals surface area contributed by atoms with Gasteiger partial charge in [0, 0.05) is 6.07 Å². The van der Waals surface area contributed by atoms with Crippen LogP contribution in [0, 0.1) is 5.92 Å². The molecular weight excluding hydrogens is 406 g/mol. The van der Waals surface area contributed by atoms with Crippen LogP contribution in [0.3, 0.4) is 0 Å². The minimum Gasteiger partial charge on any atom is -0.359 e. The van der Waals surface area contributed by atoms with E-state index < -0.39 is 5.41 Å². The molecule has 160 valence electrons. The van der Waals surface area contributed by atoms with Crippen molar-refractivity contribution in [2.45, 2.75) is 46.1 Å². The number of amides is 1. The third-order valence-corrected chi connectivity index (χ3v) is 6.59. The Labute approximate surface area is 186 Å². The van der Waals surface area contributed by atoms with Gasteiger partial charge in [-0.2, -0.15) is 0 Å². The van der Waals surface area contributed by atoms with Gasteiger partial charge in [0.25, 0.3) is 0 Å². The molecule has 0 saturated heterocycles. The summed E-state index contributed by atoms with van der Waals surface area (Å²) in [5.74, 6) is 1.08. The minimum absolute atomic E-state index is 0.0864. The van der Waals surface area contributed by atoms with Crippen LogP contribution < -0.4 is 5.32 Å². The first-order valence-electron chi connectivity index (χ1n) is 10.5. The van der Waals surface area contributed by atoms with Gasteiger partial charge in [-0.05, 0) is 49.4 Å². The van der Waals surface area contributed by atoms with Crippen molar-refractivity contribution in [3.8, 4) is 11.1 Å². The lowest BCUT2D eigenvalue weighted by Gasteiger charge is -2.20. The van der Waals surface area contributed by atoms with E-state index in [1.165, 1.54) is 5.56 Å². The quantitative estimate of drug-likeness (QED) is 0.403. The van der Waals surface area contributed by atoms with Gasteiger partial charge in [0.15, 0.2) is 5.76 Å². The molecule has 6 heteroatoms. The molecule has 1 N–H and O–H groups in total. The molecular formula is C25H27N3O2S. The number of benzene rings is 2. The highest BCUT2D eigenvalue weighted by Crippen LogP contribution is 2.34. The Kier molecular flexibility index (Phi) is 5.92. The van der Waals surface area contributed by atoms with Gasteiger partial charge < -0.3 is 9.84 Å². The van der Waals surface area contributed by atoms with Crippen molar-refractivity contribution in [3.05, 3.63) is 71.1 Å². The topological polar surface area (TPSA) is 68.0 Å². The van der Waals surface area contributed by atoms with Crippen LogP contribution in [0.15, 0.2) is 59.1 Å². The van der Waals surface area contributed by atoms with E-state index in [0.717, 1.165) is 32.9 Å². The molecule has 0 spiro atoms. The lowest BCUT2D eigenvalue weighted by Crippen LogP contribution is -2.39. The minimum atomic E-state index is -0.753. The van der Waals surface area contributed by atoms with E-state index in [-0.39, 0.29) is 5.91 Å². The van der Waals surface area contributed by atoms with Crippen molar-refractivity contribution in [3.63, 3.8) is 0 Å². The number of thiazole rings is 1. The van der Waals surface area contributed by atoms with Crippen LogP contribution in [-0.4, -0.2) is 16.0 Å². The maximum absolute atomic E-state index is 13.0. The highest BCUT2D eigenvalue weighted by atomic mass is 32.1. The van der Waals surface area contributed by atoms with E-state index in [1.54, 1.807) is 11.3 Å². The molecule has 0 saturated carbocycles. The molecule has 0 aliphatic carbocycles. The summed E-state index contributed by atoms with van der Waals surface area (Å²) in [5.41, 5.74) is 3.39. The van der Waals surface area contributed by atoms with Gasteiger partial charge >= 0.3 is 0 Å². The molecule has 1 amide bonds. The molecule has 5 nitrogen and oxygen atoms in total. The zero-order chi connectivity index (χ0) is 22.0. The maximum Gasteiger partial charge on any atom is 0.232 e. The van der Waals surface area contributed by atoms with Crippen molar-refractivity contribution in [1.82, 2.24) is 15.5 Å². The zero-order valence-corrected chi connectivity index (χ0v) is 19.1. The first kappa shape index (κ1) is 21.2. The largest absolute Gasteiger partial charge is 0.359 e. The molecule has 0 aliphatic heterocycles. The van der Waals surface area contributed by atoms with E-state index in [0.29, 0.717) is 18.2 Å². The summed E-state index contributed by atoms with van der Waals surface area (Å²) in [6, 6.07) is 18.4. The standard InChI is InChI=1S/C25H27N3O2S/c1-16(2)12-19-14-20(30-28-19)15-26-23(29)25(3,4)24-27-21-11-10-18(13-22(21)31-24)17-8-6-5-7-9-17/h5-11,13-14,16H,12,15H2,1-4H3,(H,26,29). The van der Waals surface area contributed by atoms with Crippen molar-refractivity contribution < 1.29 is 9.32 Å². The first-order valence-corrected chi connectivity index (χ1v) is 11.3. The van der Waals surface area contributed by atoms with E-state index in [2.05, 4.69) is 48.6 Å². The van der Waals surface area contributed by atoms with Gasteiger partial charge in [-0.1, -0.05) is 55.4 Å². The first-order chi connectivity index (χ1) is 14.8. The summed E-state index contributed by atoms with van der Waals surface area (Å²) >= 11 is 1.57. The lowest BCUT2D eigenvalue weighted by atomic mass is 9.93. The Hall–Kier alpha value is -2.99. The predicted molar refractivity (Wildman–Crippen MR) is 125 cm³/mol. The second-order valence-electron chi connectivity index (χ2n) is 8.76. The highest BCUT2D eigenvalue weighted by Gasteiger charge is 2.33. The van der Waals surface area contributed by atoms with E-state index in [9.17, 15) is 4.79 Å². The normalized spacial score (nSPS) is 11.9. The van der Waals surface area contributed by atoms with Crippen LogP contribution in [0.1, 0.15) is 44.2 Å². The van der Waals surface area contributed by atoms with Gasteiger partial charge in [-0.15, -0.1) is 11.3 Å². The third-order valence-electron chi connectivity index (χ3n) is 5.25. The Morgan fingerprint density at radius 2 is 1.87 bits per heavy atom. The Morgan fingerprint density at radius 1 is 1.10 bits per heavy atom. The number of carbonyl (C=O) groups excluding carboxylic acids is 1. The summed E-state index contributed by atoms with van der Waals surface area (Å²) < 4.78 is 6.43. The molecule has 0 aliphatic rings. The van der Waals surface area contributed by atoms with Gasteiger partial charge in [0.05, 0.1) is 27.9 Å². The number of nitrogens with one attached hydrogen (secondary N) is 1. The van der Waals surface area contributed by atoms with Crippen molar-refractivity contribution in [2.24, 2.45) is 5.92 Å². The van der Waals surface area contributed by atoms with Crippen LogP contribution in [0.5, 0.6) is 0 Å². The number of aromatic nitrogens is 2. The summed E-state index contributed by atoms with van der Waals surface area (Å²) in [7, 11) is 0. The molecule has 4 aromatic rings. The summed E-state index contributed by atoms with van der Waals surface area (Å²) in [6.45, 7) is 8.40. The second-order valence-corrected chi connectivity index (χ2v) is 9.79. The molecule has 31 heavy (non-hydrogen) atoms. The van der Waals surface area contributed by atoms with Gasteiger partial charge in [-0.3, -0.25) is 4.79 Å². The van der Waals surface area contributed by atoms with Crippen molar-refractivity contribution >= 4 is 27.5 Å². The van der Waals surface area contributed by atoms with Crippen LogP contribution in [0.2, 0.25) is 0 Å². The number of carbonyl (C=O) groups is 1. The predicted octanol–water partition coefficient (Wildman–Crippen LogP) is 5.74. The number of hydrogen-bond acceptors (Lipinski definition) is 5. The van der Waals surface area contributed by atoms with Gasteiger partial charge in [0.2, 0.25) is 5.91 Å². The summed E-state index contributed by atoms with van der Waals surface area (Å²) in [4.78, 5) is 17.7. The second kappa shape index (κ2) is 8.63. The smallest absolute Gasteiger partial charge is 0.232 e. The lowest BCUT2D eigenvalue weighted by molar-refractivity contribution is -0.125. The average Bonchev–Trinajstić information content (AvgIpc) is 3.38. The molecule has 2 aromatic carbocycles. The Balaban J connectivity index is 1.49. The zero-order valence-electron chi connectivity index (χ0n) is 18.3. The molecule has 0 unspecified atom stereocenters. The Morgan fingerprint density at radius 3 is 2.61 bits per heavy atom. The Bertz CT molecular complexity index is 1190. The van der Waals surface area contributed by atoms with Gasteiger partial charge in [0.1, 0.15) is 5.01 Å². The molecule has 0 bridgehead atoms. The van der Waals surface area contributed by atoms with Gasteiger partial charge in [-0.25, -0.2) is 4.98 Å².